The van der Waals surface area contributed by atoms with Crippen molar-refractivity contribution in [2.75, 3.05) is 0 Å². The van der Waals surface area contributed by atoms with E-state index in [1.54, 1.807) is 0 Å². The van der Waals surface area contributed by atoms with Crippen LogP contribution < -0.4 is 5.69 Å². The van der Waals surface area contributed by atoms with Crippen LogP contribution in [0.5, 0.6) is 0 Å². The number of aromatic amines is 1. The molecule has 5 nitrogen and oxygen atoms in total. The van der Waals surface area contributed by atoms with Crippen LogP contribution in [0.4, 0.5) is 8.78 Å². The van der Waals surface area contributed by atoms with E-state index in [0.717, 1.165) is 16.7 Å². The fraction of sp³-hybridized carbons (Fsp3) is 0. The van der Waals surface area contributed by atoms with Gasteiger partial charge >= 0.3 is 11.7 Å². The van der Waals surface area contributed by atoms with Gasteiger partial charge in [0, 0.05) is 6.07 Å². The molecule has 2 N–H and O–H groups in total. The molecule has 0 fully saturated rings. The van der Waals surface area contributed by atoms with Gasteiger partial charge in [0.15, 0.2) is 0 Å². The molecule has 7 heteroatoms. The SMILES string of the molecule is O=C(O)c1ccc2[nH]c(=O)n(-c3cc(F)cc(F)c3)c2c1. The topological polar surface area (TPSA) is 75.1 Å². The van der Waals surface area contributed by atoms with Crippen LogP contribution >= 0.6 is 0 Å². The van der Waals surface area contributed by atoms with E-state index in [1.807, 2.05) is 0 Å². The first-order valence-electron chi connectivity index (χ1n) is 5.90. The fourth-order valence-corrected chi connectivity index (χ4v) is 2.16. The molecule has 1 heterocycles. The lowest BCUT2D eigenvalue weighted by atomic mass is 10.2. The minimum atomic E-state index is -1.16. The third kappa shape index (κ3) is 2.18. The lowest BCUT2D eigenvalue weighted by Gasteiger charge is -2.04. The van der Waals surface area contributed by atoms with Crippen LogP contribution in [0.1, 0.15) is 10.4 Å². The van der Waals surface area contributed by atoms with E-state index in [0.29, 0.717) is 11.6 Å². The number of aromatic carboxylic acids is 1. The molecule has 0 aliphatic heterocycles. The van der Waals surface area contributed by atoms with Crippen molar-refractivity contribution in [2.45, 2.75) is 0 Å². The number of benzene rings is 2. The zero-order valence-electron chi connectivity index (χ0n) is 10.4. The number of imidazole rings is 1. The largest absolute Gasteiger partial charge is 0.478 e. The molecule has 0 saturated heterocycles. The number of H-pyrrole nitrogens is 1. The Morgan fingerprint density at radius 1 is 1.10 bits per heavy atom. The molecule has 3 aromatic rings. The summed E-state index contributed by atoms with van der Waals surface area (Å²) in [7, 11) is 0. The maximum atomic E-state index is 13.3. The molecule has 21 heavy (non-hydrogen) atoms. The van der Waals surface area contributed by atoms with Gasteiger partial charge in [-0.05, 0) is 30.3 Å². The molecule has 0 radical (unpaired) electrons. The Bertz CT molecular complexity index is 907. The zero-order valence-corrected chi connectivity index (χ0v) is 10.4. The van der Waals surface area contributed by atoms with Crippen LogP contribution in [0, 0.1) is 11.6 Å². The first-order valence-corrected chi connectivity index (χ1v) is 5.90. The maximum Gasteiger partial charge on any atom is 0.335 e. The smallest absolute Gasteiger partial charge is 0.335 e. The van der Waals surface area contributed by atoms with E-state index in [9.17, 15) is 18.4 Å². The molecule has 1 aromatic heterocycles. The Morgan fingerprint density at radius 2 is 1.76 bits per heavy atom. The third-order valence-corrected chi connectivity index (χ3v) is 3.04. The van der Waals surface area contributed by atoms with Crippen molar-refractivity contribution in [3.8, 4) is 5.69 Å². The molecule has 0 aliphatic rings. The van der Waals surface area contributed by atoms with Gasteiger partial charge in [-0.25, -0.2) is 18.4 Å². The number of nitrogens with zero attached hydrogens (tertiary/aromatic N) is 1. The van der Waals surface area contributed by atoms with Crippen LogP contribution in [0.15, 0.2) is 41.2 Å². The first kappa shape index (κ1) is 13.0. The van der Waals surface area contributed by atoms with Crippen LogP contribution in [0.2, 0.25) is 0 Å². The molecule has 0 amide bonds. The molecule has 3 rings (SSSR count). The summed E-state index contributed by atoms with van der Waals surface area (Å²) >= 11 is 0. The molecule has 0 atom stereocenters. The number of fused-ring (bicyclic) bond motifs is 1. The van der Waals surface area contributed by atoms with Crippen LogP contribution in [-0.4, -0.2) is 20.6 Å². The first-order chi connectivity index (χ1) is 9.95. The van der Waals surface area contributed by atoms with E-state index in [4.69, 9.17) is 5.11 Å². The molecule has 0 spiro atoms. The van der Waals surface area contributed by atoms with Crippen molar-refractivity contribution in [1.29, 1.82) is 0 Å². The average molecular weight is 290 g/mol. The lowest BCUT2D eigenvalue weighted by molar-refractivity contribution is 0.0697. The van der Waals surface area contributed by atoms with Gasteiger partial charge in [-0.1, -0.05) is 0 Å². The van der Waals surface area contributed by atoms with Gasteiger partial charge < -0.3 is 10.1 Å². The highest BCUT2D eigenvalue weighted by molar-refractivity contribution is 5.92. The van der Waals surface area contributed by atoms with Gasteiger partial charge in [0.1, 0.15) is 11.6 Å². The number of aromatic nitrogens is 2. The molecular weight excluding hydrogens is 282 g/mol. The summed E-state index contributed by atoms with van der Waals surface area (Å²) in [5.74, 6) is -2.83. The standard InChI is InChI=1S/C14H8F2N2O3/c15-8-4-9(16)6-10(5-8)18-12-3-7(13(19)20)1-2-11(12)17-14(18)21/h1-6H,(H,17,21)(H,19,20). The summed E-state index contributed by atoms with van der Waals surface area (Å²) in [4.78, 5) is 25.4. The molecule has 106 valence electrons. The van der Waals surface area contributed by atoms with Crippen LogP contribution in [-0.2, 0) is 0 Å². The van der Waals surface area contributed by atoms with Gasteiger partial charge in [0.2, 0.25) is 0 Å². The minimum Gasteiger partial charge on any atom is -0.478 e. The Hall–Kier alpha value is -2.96. The predicted octanol–water partition coefficient (Wildman–Crippen LogP) is 2.30. The van der Waals surface area contributed by atoms with Crippen molar-refractivity contribution in [1.82, 2.24) is 9.55 Å². The van der Waals surface area contributed by atoms with E-state index >= 15 is 0 Å². The third-order valence-electron chi connectivity index (χ3n) is 3.04. The Labute approximate surface area is 116 Å². The second kappa shape index (κ2) is 4.55. The summed E-state index contributed by atoms with van der Waals surface area (Å²) in [6.07, 6.45) is 0. The van der Waals surface area contributed by atoms with E-state index < -0.39 is 23.3 Å². The van der Waals surface area contributed by atoms with Gasteiger partial charge in [-0.3, -0.25) is 4.57 Å². The molecule has 0 saturated carbocycles. The highest BCUT2D eigenvalue weighted by Crippen LogP contribution is 2.19. The number of halogens is 2. The second-order valence-electron chi connectivity index (χ2n) is 4.43. The molecule has 0 aliphatic carbocycles. The minimum absolute atomic E-state index is 0.0220. The summed E-state index contributed by atoms with van der Waals surface area (Å²) < 4.78 is 27.6. The molecule has 0 unspecified atom stereocenters. The monoisotopic (exact) mass is 290 g/mol. The van der Waals surface area contributed by atoms with Gasteiger partial charge in [-0.2, -0.15) is 0 Å². The number of hydrogen-bond acceptors (Lipinski definition) is 2. The van der Waals surface area contributed by atoms with Crippen molar-refractivity contribution in [2.24, 2.45) is 0 Å². The van der Waals surface area contributed by atoms with E-state index in [-0.39, 0.29) is 16.8 Å². The second-order valence-corrected chi connectivity index (χ2v) is 4.43. The van der Waals surface area contributed by atoms with Crippen LogP contribution in [0.25, 0.3) is 16.7 Å². The zero-order chi connectivity index (χ0) is 15.1. The summed E-state index contributed by atoms with van der Waals surface area (Å²) in [6.45, 7) is 0. The quantitative estimate of drug-likeness (QED) is 0.760. The Balaban J connectivity index is 2.35. The number of hydrogen-bond donors (Lipinski definition) is 2. The number of nitrogens with one attached hydrogen (secondary N) is 1. The summed E-state index contributed by atoms with van der Waals surface area (Å²) in [5, 5.41) is 8.98. The molecule has 0 bridgehead atoms. The van der Waals surface area contributed by atoms with Crippen molar-refractivity contribution >= 4 is 17.0 Å². The van der Waals surface area contributed by atoms with Gasteiger partial charge in [-0.15, -0.1) is 0 Å². The molecule has 2 aromatic carbocycles. The lowest BCUT2D eigenvalue weighted by Crippen LogP contribution is -2.15. The molecular formula is C14H8F2N2O3. The fourth-order valence-electron chi connectivity index (χ4n) is 2.16. The van der Waals surface area contributed by atoms with Gasteiger partial charge in [0.25, 0.3) is 0 Å². The predicted molar refractivity (Wildman–Crippen MR) is 70.8 cm³/mol. The summed E-state index contributed by atoms with van der Waals surface area (Å²) in [6, 6.07) is 6.68. The maximum absolute atomic E-state index is 13.3. The van der Waals surface area contributed by atoms with E-state index in [1.165, 1.54) is 18.2 Å². The Morgan fingerprint density at radius 3 is 2.38 bits per heavy atom. The number of carboxylic acid groups (broad SMARTS) is 1. The normalized spacial score (nSPS) is 11.0. The van der Waals surface area contributed by atoms with Crippen molar-refractivity contribution in [3.05, 3.63) is 64.1 Å². The van der Waals surface area contributed by atoms with Crippen molar-refractivity contribution < 1.29 is 18.7 Å². The van der Waals surface area contributed by atoms with Gasteiger partial charge in [0.05, 0.1) is 22.3 Å². The average Bonchev–Trinajstić information content (AvgIpc) is 2.72. The van der Waals surface area contributed by atoms with Crippen molar-refractivity contribution in [3.63, 3.8) is 0 Å². The summed E-state index contributed by atoms with van der Waals surface area (Å²) in [5.41, 5.74) is -0.0736. The van der Waals surface area contributed by atoms with Crippen LogP contribution in [0.3, 0.4) is 0 Å². The highest BCUT2D eigenvalue weighted by atomic mass is 19.1. The number of rotatable bonds is 2. The number of carbonyl (C=O) groups is 1. The van der Waals surface area contributed by atoms with E-state index in [2.05, 4.69) is 4.98 Å². The number of carboxylic acids is 1. The highest BCUT2D eigenvalue weighted by Gasteiger charge is 2.13. The Kier molecular flexibility index (Phi) is 2.83.